The van der Waals surface area contributed by atoms with E-state index in [4.69, 9.17) is 16.6 Å². The van der Waals surface area contributed by atoms with Crippen LogP contribution in [0.3, 0.4) is 0 Å². The number of benzene rings is 2. The van der Waals surface area contributed by atoms with Gasteiger partial charge in [0, 0.05) is 22.6 Å². The van der Waals surface area contributed by atoms with Gasteiger partial charge in [-0.15, -0.1) is 0 Å². The van der Waals surface area contributed by atoms with Gasteiger partial charge in [0.2, 0.25) is 0 Å². The molecule has 2 nitrogen and oxygen atoms in total. The molecule has 0 aliphatic heterocycles. The predicted octanol–water partition coefficient (Wildman–Crippen LogP) is 6.22. The lowest BCUT2D eigenvalue weighted by atomic mass is 9.74. The highest BCUT2D eigenvalue weighted by Crippen LogP contribution is 2.40. The maximum absolute atomic E-state index is 12.9. The number of carbonyl (C=O) groups excluding carboxylic acids is 1. The minimum Gasteiger partial charge on any atom is -0.294 e. The van der Waals surface area contributed by atoms with Crippen LogP contribution in [0, 0.1) is 5.41 Å². The molecule has 1 heterocycles. The van der Waals surface area contributed by atoms with Crippen molar-refractivity contribution in [3.8, 4) is 22.4 Å². The fraction of sp³-hybridized carbons (Fsp3) is 0.217. The summed E-state index contributed by atoms with van der Waals surface area (Å²) in [6.45, 7) is 4.26. The first kappa shape index (κ1) is 17.0. The Kier molecular flexibility index (Phi) is 4.16. The molecule has 26 heavy (non-hydrogen) atoms. The smallest absolute Gasteiger partial charge is 0.165 e. The molecule has 0 bridgehead atoms. The third-order valence-corrected chi connectivity index (χ3v) is 5.14. The van der Waals surface area contributed by atoms with Crippen molar-refractivity contribution in [1.29, 1.82) is 0 Å². The van der Waals surface area contributed by atoms with E-state index in [2.05, 4.69) is 13.8 Å². The summed E-state index contributed by atoms with van der Waals surface area (Å²) in [7, 11) is 0. The van der Waals surface area contributed by atoms with Crippen LogP contribution in [0.2, 0.25) is 5.02 Å². The molecular formula is C23H20ClNO. The molecule has 0 fully saturated rings. The molecule has 130 valence electrons. The summed E-state index contributed by atoms with van der Waals surface area (Å²) in [5, 5.41) is 0.700. The number of fused-ring (bicyclic) bond motifs is 1. The highest BCUT2D eigenvalue weighted by molar-refractivity contribution is 6.30. The number of hydrogen-bond donors (Lipinski definition) is 0. The number of hydrogen-bond acceptors (Lipinski definition) is 2. The first-order valence-corrected chi connectivity index (χ1v) is 9.19. The minimum absolute atomic E-state index is 0.0658. The van der Waals surface area contributed by atoms with Crippen molar-refractivity contribution in [3.63, 3.8) is 0 Å². The fourth-order valence-electron chi connectivity index (χ4n) is 3.69. The Bertz CT molecular complexity index is 975. The average molecular weight is 362 g/mol. The molecule has 0 amide bonds. The lowest BCUT2D eigenvalue weighted by Crippen LogP contribution is -2.28. The average Bonchev–Trinajstić information content (AvgIpc) is 2.61. The van der Waals surface area contributed by atoms with E-state index in [-0.39, 0.29) is 11.2 Å². The topological polar surface area (TPSA) is 30.0 Å². The van der Waals surface area contributed by atoms with Crippen LogP contribution >= 0.6 is 11.6 Å². The molecule has 0 saturated heterocycles. The van der Waals surface area contributed by atoms with Crippen LogP contribution in [0.4, 0.5) is 0 Å². The molecule has 0 radical (unpaired) electrons. The lowest BCUT2D eigenvalue weighted by Gasteiger charge is -2.31. The summed E-state index contributed by atoms with van der Waals surface area (Å²) in [6, 6.07) is 19.8. The standard InChI is InChI=1S/C23H20ClNO/c1-23(2)13-20-22(21(26)14-23)18(15-6-4-3-5-7-15)12-19(25-20)16-8-10-17(24)11-9-16/h3-12H,13-14H2,1-2H3. The van der Waals surface area contributed by atoms with Crippen molar-refractivity contribution in [2.24, 2.45) is 5.41 Å². The van der Waals surface area contributed by atoms with E-state index in [9.17, 15) is 4.79 Å². The summed E-state index contributed by atoms with van der Waals surface area (Å²) in [4.78, 5) is 17.8. The highest BCUT2D eigenvalue weighted by atomic mass is 35.5. The maximum Gasteiger partial charge on any atom is 0.165 e. The monoisotopic (exact) mass is 361 g/mol. The molecule has 1 aliphatic rings. The van der Waals surface area contributed by atoms with Gasteiger partial charge in [0.05, 0.1) is 11.4 Å². The molecule has 0 spiro atoms. The van der Waals surface area contributed by atoms with Gasteiger partial charge < -0.3 is 0 Å². The second-order valence-corrected chi connectivity index (χ2v) is 8.13. The van der Waals surface area contributed by atoms with Crippen molar-refractivity contribution >= 4 is 17.4 Å². The molecular weight excluding hydrogens is 342 g/mol. The zero-order chi connectivity index (χ0) is 18.3. The second-order valence-electron chi connectivity index (χ2n) is 7.69. The fourth-order valence-corrected chi connectivity index (χ4v) is 3.82. The first-order valence-electron chi connectivity index (χ1n) is 8.81. The van der Waals surface area contributed by atoms with E-state index >= 15 is 0 Å². The van der Waals surface area contributed by atoms with Crippen molar-refractivity contribution in [2.75, 3.05) is 0 Å². The molecule has 2 aromatic carbocycles. The van der Waals surface area contributed by atoms with Crippen LogP contribution in [-0.4, -0.2) is 10.8 Å². The third-order valence-electron chi connectivity index (χ3n) is 4.88. The summed E-state index contributed by atoms with van der Waals surface area (Å²) in [5.74, 6) is 0.185. The molecule has 0 atom stereocenters. The Morgan fingerprint density at radius 2 is 1.62 bits per heavy atom. The van der Waals surface area contributed by atoms with Crippen molar-refractivity contribution in [1.82, 2.24) is 4.98 Å². The van der Waals surface area contributed by atoms with Gasteiger partial charge in [-0.1, -0.05) is 67.9 Å². The van der Waals surface area contributed by atoms with Crippen LogP contribution in [0.15, 0.2) is 60.7 Å². The Morgan fingerprint density at radius 3 is 2.31 bits per heavy atom. The predicted molar refractivity (Wildman–Crippen MR) is 107 cm³/mol. The number of ketones is 1. The summed E-state index contributed by atoms with van der Waals surface area (Å²) in [5.41, 5.74) is 5.53. The van der Waals surface area contributed by atoms with Gasteiger partial charge in [0.25, 0.3) is 0 Å². The largest absolute Gasteiger partial charge is 0.294 e. The Balaban J connectivity index is 1.96. The first-order chi connectivity index (χ1) is 12.4. The SMILES string of the molecule is CC1(C)CC(=O)c2c(-c3ccccc3)cc(-c3ccc(Cl)cc3)nc2C1. The van der Waals surface area contributed by atoms with Gasteiger partial charge in [0.1, 0.15) is 0 Å². The van der Waals surface area contributed by atoms with Crippen LogP contribution in [0.1, 0.15) is 36.3 Å². The van der Waals surface area contributed by atoms with Gasteiger partial charge in [-0.25, -0.2) is 0 Å². The molecule has 3 heteroatoms. The quantitative estimate of drug-likeness (QED) is 0.542. The van der Waals surface area contributed by atoms with Crippen molar-refractivity contribution in [2.45, 2.75) is 26.7 Å². The molecule has 0 unspecified atom stereocenters. The highest BCUT2D eigenvalue weighted by Gasteiger charge is 2.34. The minimum atomic E-state index is -0.0658. The maximum atomic E-state index is 12.9. The Labute approximate surface area is 158 Å². The van der Waals surface area contributed by atoms with Crippen molar-refractivity contribution in [3.05, 3.63) is 76.9 Å². The lowest BCUT2D eigenvalue weighted by molar-refractivity contribution is 0.0911. The summed E-state index contributed by atoms with van der Waals surface area (Å²) in [6.07, 6.45) is 1.36. The van der Waals surface area contributed by atoms with E-state index < -0.39 is 0 Å². The normalized spacial score (nSPS) is 15.6. The number of carbonyl (C=O) groups is 1. The van der Waals surface area contributed by atoms with E-state index in [0.29, 0.717) is 11.4 Å². The number of Topliss-reactive ketones (excluding diaryl/α,β-unsaturated/α-hetero) is 1. The van der Waals surface area contributed by atoms with Gasteiger partial charge in [0.15, 0.2) is 5.78 Å². The van der Waals surface area contributed by atoms with Gasteiger partial charge >= 0.3 is 0 Å². The molecule has 0 saturated carbocycles. The number of aromatic nitrogens is 1. The van der Waals surface area contributed by atoms with E-state index in [1.54, 1.807) is 0 Å². The van der Waals surface area contributed by atoms with E-state index in [0.717, 1.165) is 40.1 Å². The summed E-state index contributed by atoms with van der Waals surface area (Å²) < 4.78 is 0. The van der Waals surface area contributed by atoms with Gasteiger partial charge in [-0.2, -0.15) is 0 Å². The molecule has 4 rings (SSSR count). The van der Waals surface area contributed by atoms with E-state index in [1.807, 2.05) is 60.7 Å². The van der Waals surface area contributed by atoms with Gasteiger partial charge in [-0.05, 0) is 41.2 Å². The number of halogens is 1. The van der Waals surface area contributed by atoms with Gasteiger partial charge in [-0.3, -0.25) is 9.78 Å². The van der Waals surface area contributed by atoms with E-state index in [1.165, 1.54) is 0 Å². The van der Waals surface area contributed by atoms with Crippen molar-refractivity contribution < 1.29 is 4.79 Å². The number of rotatable bonds is 2. The Hall–Kier alpha value is -2.45. The molecule has 1 aromatic heterocycles. The van der Waals surface area contributed by atoms with Crippen LogP contribution in [-0.2, 0) is 6.42 Å². The van der Waals surface area contributed by atoms with Crippen LogP contribution in [0.25, 0.3) is 22.4 Å². The molecule has 3 aromatic rings. The Morgan fingerprint density at radius 1 is 0.923 bits per heavy atom. The number of nitrogens with zero attached hydrogens (tertiary/aromatic N) is 1. The zero-order valence-electron chi connectivity index (χ0n) is 14.9. The number of pyridine rings is 1. The molecule has 1 aliphatic carbocycles. The third kappa shape index (κ3) is 3.17. The summed E-state index contributed by atoms with van der Waals surface area (Å²) >= 11 is 6.03. The second kappa shape index (κ2) is 6.37. The molecule has 0 N–H and O–H groups in total. The van der Waals surface area contributed by atoms with Crippen LogP contribution in [0.5, 0.6) is 0 Å². The van der Waals surface area contributed by atoms with Crippen LogP contribution < -0.4 is 0 Å². The zero-order valence-corrected chi connectivity index (χ0v) is 15.7.